The molecule has 0 amide bonds. The van der Waals surface area contributed by atoms with Gasteiger partial charge in [-0.05, 0) is 92.3 Å². The monoisotopic (exact) mass is 797 g/mol. The molecule has 0 aromatic rings. The highest BCUT2D eigenvalue weighted by atomic mass is 16.6. The lowest BCUT2D eigenvalue weighted by Crippen LogP contribution is -2.60. The van der Waals surface area contributed by atoms with Crippen LogP contribution < -0.4 is 0 Å². The van der Waals surface area contributed by atoms with Crippen molar-refractivity contribution in [1.82, 2.24) is 9.80 Å². The lowest BCUT2D eigenvalue weighted by Gasteiger charge is -2.50. The molecule has 2 unspecified atom stereocenters. The number of methoxy groups -OCH3 is 1. The molecule has 0 aromatic carbocycles. The molecular formula is C44H80N2O10. The first kappa shape index (κ1) is 48.8. The Hall–Kier alpha value is -1.61. The first-order chi connectivity index (χ1) is 25.9. The van der Waals surface area contributed by atoms with E-state index in [-0.39, 0.29) is 37.5 Å². The van der Waals surface area contributed by atoms with Crippen molar-refractivity contribution in [3.63, 3.8) is 0 Å². The zero-order valence-electron chi connectivity index (χ0n) is 37.1. The normalized spacial score (nSPS) is 44.6. The summed E-state index contributed by atoms with van der Waals surface area (Å²) in [4.78, 5) is 18.7. The zero-order chi connectivity index (χ0) is 42.5. The average molecular weight is 797 g/mol. The van der Waals surface area contributed by atoms with E-state index in [1.54, 1.807) is 27.9 Å². The first-order valence-electron chi connectivity index (χ1n) is 21.1. The summed E-state index contributed by atoms with van der Waals surface area (Å²) < 4.78 is 31.9. The molecule has 3 fully saturated rings. The summed E-state index contributed by atoms with van der Waals surface area (Å²) in [5.41, 5.74) is -4.13. The Morgan fingerprint density at radius 3 is 2.30 bits per heavy atom. The van der Waals surface area contributed by atoms with Gasteiger partial charge in [0.1, 0.15) is 30.0 Å². The van der Waals surface area contributed by atoms with Gasteiger partial charge in [-0.25, -0.2) is 0 Å². The molecule has 326 valence electrons. The standard InChI is InChI=1S/C44H80N2O10/c1-16-26(3)18-19-45(13)33-20-28(5)54-34(21-33)25-53-40-29(6)37(35-23-43(11,52-15)39(48)32(9)55-35)30(7)41(49)56-36(17-2)44(12,51)38(47)31(8)46(14)24-27(4)22-42(40,10)50/h16,26-27,29-40,47-48,50-51H,1,5,17-25H2,2-4,6-15H3/t26?,27-,29+,30-,31-,32+,33+,34-,35?,36-,37+,38-,39+,40-,42-,43-,44-/m1/s1. The van der Waals surface area contributed by atoms with Crippen LogP contribution in [0, 0.1) is 29.6 Å². The number of aliphatic hydroxyl groups excluding tert-OH is 2. The van der Waals surface area contributed by atoms with Gasteiger partial charge in [0.05, 0.1) is 47.8 Å². The predicted octanol–water partition coefficient (Wildman–Crippen LogP) is 4.95. The lowest BCUT2D eigenvalue weighted by molar-refractivity contribution is -0.241. The Morgan fingerprint density at radius 1 is 1.07 bits per heavy atom. The molecule has 3 saturated heterocycles. The van der Waals surface area contributed by atoms with Gasteiger partial charge in [0.2, 0.25) is 0 Å². The molecule has 0 aromatic heterocycles. The summed E-state index contributed by atoms with van der Waals surface area (Å²) in [7, 11) is 5.58. The lowest BCUT2D eigenvalue weighted by atomic mass is 9.68. The van der Waals surface area contributed by atoms with Gasteiger partial charge in [-0.2, -0.15) is 0 Å². The first-order valence-corrected chi connectivity index (χ1v) is 21.1. The van der Waals surface area contributed by atoms with Crippen molar-refractivity contribution >= 4 is 5.97 Å². The maximum atomic E-state index is 14.4. The Balaban J connectivity index is 2.10. The topological polar surface area (TPSA) is 151 Å². The molecule has 12 heteroatoms. The SMILES string of the molecule is C=CC(C)CCN(C)[C@H]1CC(=C)O[C@@H](CO[C@@H]2[C@@H](C)[C@H](C3C[C@@](C)(OC)[C@@H](O)[C@H](C)O3)[C@@H](C)C(=O)O[C@H](CC)[C@@](C)(O)[C@H](O)[C@@H](C)N(C)C[C@H](C)C[C@@]2(C)O)C1. The molecule has 0 bridgehead atoms. The summed E-state index contributed by atoms with van der Waals surface area (Å²) >= 11 is 0. The van der Waals surface area contributed by atoms with Crippen LogP contribution in [0.3, 0.4) is 0 Å². The van der Waals surface area contributed by atoms with E-state index in [0.717, 1.165) is 25.8 Å². The zero-order valence-corrected chi connectivity index (χ0v) is 37.1. The van der Waals surface area contributed by atoms with Crippen LogP contribution in [0.15, 0.2) is 25.0 Å². The Labute approximate surface area is 338 Å². The predicted molar refractivity (Wildman–Crippen MR) is 219 cm³/mol. The third-order valence-electron chi connectivity index (χ3n) is 13.8. The van der Waals surface area contributed by atoms with Crippen molar-refractivity contribution in [3.8, 4) is 0 Å². The summed E-state index contributed by atoms with van der Waals surface area (Å²) in [6, 6.07) is -0.286. The summed E-state index contributed by atoms with van der Waals surface area (Å²) in [6.45, 7) is 28.4. The van der Waals surface area contributed by atoms with Gasteiger partial charge >= 0.3 is 5.97 Å². The van der Waals surface area contributed by atoms with Crippen LogP contribution in [0.4, 0.5) is 0 Å². The number of cyclic esters (lactones) is 1. The van der Waals surface area contributed by atoms with Gasteiger partial charge in [0.15, 0.2) is 0 Å². The number of hydrogen-bond donors (Lipinski definition) is 4. The quantitative estimate of drug-likeness (QED) is 0.166. The van der Waals surface area contributed by atoms with Crippen molar-refractivity contribution in [1.29, 1.82) is 0 Å². The number of carbonyl (C=O) groups excluding carboxylic acids is 1. The fourth-order valence-corrected chi connectivity index (χ4v) is 9.88. The molecule has 12 nitrogen and oxygen atoms in total. The molecule has 0 saturated carbocycles. The number of likely N-dealkylation sites (N-methyl/N-ethyl adjacent to an activating group) is 1. The molecule has 3 rings (SSSR count). The van der Waals surface area contributed by atoms with E-state index >= 15 is 0 Å². The largest absolute Gasteiger partial charge is 0.493 e. The van der Waals surface area contributed by atoms with E-state index in [0.29, 0.717) is 24.6 Å². The highest BCUT2D eigenvalue weighted by molar-refractivity contribution is 5.73. The fraction of sp³-hybridized carbons (Fsp3) is 0.886. The molecule has 0 aliphatic carbocycles. The Kier molecular flexibility index (Phi) is 17.5. The van der Waals surface area contributed by atoms with Crippen LogP contribution in [-0.2, 0) is 28.5 Å². The number of allylic oxidation sites excluding steroid dienone is 1. The Bertz CT molecular complexity index is 1280. The van der Waals surface area contributed by atoms with E-state index < -0.39 is 83.2 Å². The number of rotatable bonds is 11. The van der Waals surface area contributed by atoms with Crippen LogP contribution in [-0.4, -0.2) is 149 Å². The molecule has 17 atom stereocenters. The van der Waals surface area contributed by atoms with Crippen LogP contribution in [0.25, 0.3) is 0 Å². The van der Waals surface area contributed by atoms with Crippen LogP contribution in [0.1, 0.15) is 108 Å². The van der Waals surface area contributed by atoms with E-state index in [4.69, 9.17) is 23.7 Å². The van der Waals surface area contributed by atoms with E-state index in [2.05, 4.69) is 39.0 Å². The van der Waals surface area contributed by atoms with Crippen molar-refractivity contribution in [2.75, 3.05) is 40.9 Å². The Morgan fingerprint density at radius 2 is 1.71 bits per heavy atom. The van der Waals surface area contributed by atoms with Gasteiger partial charge < -0.3 is 53.9 Å². The molecule has 3 heterocycles. The summed E-state index contributed by atoms with van der Waals surface area (Å²) in [5.74, 6) is -1.41. The third kappa shape index (κ3) is 11.6. The minimum Gasteiger partial charge on any atom is -0.493 e. The molecule has 0 radical (unpaired) electrons. The minimum atomic E-state index is -1.76. The second-order valence-corrected chi connectivity index (χ2v) is 18.7. The van der Waals surface area contributed by atoms with Crippen molar-refractivity contribution < 1.29 is 48.9 Å². The van der Waals surface area contributed by atoms with E-state index in [9.17, 15) is 25.2 Å². The summed E-state index contributed by atoms with van der Waals surface area (Å²) in [6.07, 6.45) is -0.175. The smallest absolute Gasteiger partial charge is 0.309 e. The van der Waals surface area contributed by atoms with Gasteiger partial charge in [-0.15, -0.1) is 6.58 Å². The van der Waals surface area contributed by atoms with Gasteiger partial charge in [-0.1, -0.05) is 47.3 Å². The third-order valence-corrected chi connectivity index (χ3v) is 13.8. The molecule has 4 N–H and O–H groups in total. The van der Waals surface area contributed by atoms with Crippen molar-refractivity contribution in [3.05, 3.63) is 25.0 Å². The average Bonchev–Trinajstić information content (AvgIpc) is 3.12. The van der Waals surface area contributed by atoms with E-state index in [1.165, 1.54) is 6.92 Å². The van der Waals surface area contributed by atoms with Gasteiger partial charge in [0.25, 0.3) is 0 Å². The molecule has 56 heavy (non-hydrogen) atoms. The van der Waals surface area contributed by atoms with Gasteiger partial charge in [0, 0.05) is 50.9 Å². The highest BCUT2D eigenvalue weighted by Crippen LogP contribution is 2.44. The highest BCUT2D eigenvalue weighted by Gasteiger charge is 2.54. The second-order valence-electron chi connectivity index (χ2n) is 18.7. The molecule has 3 aliphatic rings. The van der Waals surface area contributed by atoms with Crippen molar-refractivity contribution in [2.24, 2.45) is 29.6 Å². The molecular weight excluding hydrogens is 716 g/mol. The number of ether oxygens (including phenoxy) is 5. The number of carbonyl (C=O) groups is 1. The maximum absolute atomic E-state index is 14.4. The minimum absolute atomic E-state index is 0.0617. The second kappa shape index (κ2) is 20.1. The molecule has 0 spiro atoms. The van der Waals surface area contributed by atoms with Crippen molar-refractivity contribution in [2.45, 2.75) is 179 Å². The number of esters is 1. The maximum Gasteiger partial charge on any atom is 0.309 e. The number of hydrogen-bond acceptors (Lipinski definition) is 12. The van der Waals surface area contributed by atoms with Gasteiger partial charge in [-0.3, -0.25) is 4.79 Å². The van der Waals surface area contributed by atoms with Crippen LogP contribution in [0.5, 0.6) is 0 Å². The van der Waals surface area contributed by atoms with Crippen LogP contribution in [0.2, 0.25) is 0 Å². The number of nitrogens with zero attached hydrogens (tertiary/aromatic N) is 2. The van der Waals surface area contributed by atoms with E-state index in [1.807, 2.05) is 45.7 Å². The van der Waals surface area contributed by atoms with Crippen LogP contribution >= 0.6 is 0 Å². The summed E-state index contributed by atoms with van der Waals surface area (Å²) in [5, 5.41) is 47.2. The molecule has 3 aliphatic heterocycles. The fourth-order valence-electron chi connectivity index (χ4n) is 9.88. The number of aliphatic hydroxyl groups is 4.